The fourth-order valence-corrected chi connectivity index (χ4v) is 5.20. The molecule has 212 valence electrons. The molecular formula is C30H27ClF2N4O4. The Hall–Kier alpha value is -4.31. The predicted octanol–water partition coefficient (Wildman–Crippen LogP) is 6.06. The first-order valence-electron chi connectivity index (χ1n) is 13.3. The number of nitrogens with one attached hydrogen (secondary N) is 2. The second kappa shape index (κ2) is 12.1. The Morgan fingerprint density at radius 3 is 2.80 bits per heavy atom. The highest BCUT2D eigenvalue weighted by atomic mass is 35.5. The van der Waals surface area contributed by atoms with E-state index in [1.54, 1.807) is 31.3 Å². The zero-order chi connectivity index (χ0) is 29.1. The maximum absolute atomic E-state index is 14.6. The molecule has 11 heteroatoms. The number of anilines is 1. The van der Waals surface area contributed by atoms with Crippen LogP contribution >= 0.6 is 11.6 Å². The van der Waals surface area contributed by atoms with E-state index in [9.17, 15) is 23.6 Å². The summed E-state index contributed by atoms with van der Waals surface area (Å²) in [4.78, 5) is 32.6. The highest BCUT2D eigenvalue weighted by molar-refractivity contribution is 6.31. The summed E-state index contributed by atoms with van der Waals surface area (Å²) in [5, 5.41) is 15.9. The van der Waals surface area contributed by atoms with Crippen LogP contribution in [0.4, 0.5) is 14.5 Å². The normalized spacial score (nSPS) is 15.3. The number of hydrogen-bond donors (Lipinski definition) is 2. The summed E-state index contributed by atoms with van der Waals surface area (Å²) in [5.74, 6) is -2.25. The van der Waals surface area contributed by atoms with Crippen molar-refractivity contribution in [2.45, 2.75) is 44.9 Å². The molecule has 41 heavy (non-hydrogen) atoms. The first-order chi connectivity index (χ1) is 19.7. The number of rotatable bonds is 5. The minimum Gasteiger partial charge on any atom is -0.618 e. The van der Waals surface area contributed by atoms with E-state index in [4.69, 9.17) is 16.3 Å². The molecule has 3 heterocycles. The van der Waals surface area contributed by atoms with Crippen LogP contribution in [-0.2, 0) is 20.7 Å². The van der Waals surface area contributed by atoms with Crippen molar-refractivity contribution in [3.63, 3.8) is 0 Å². The second-order valence-corrected chi connectivity index (χ2v) is 10.2. The number of pyridine rings is 1. The van der Waals surface area contributed by atoms with Crippen LogP contribution in [0.3, 0.4) is 0 Å². The smallest absolute Gasteiger partial charge is 0.310 e. The van der Waals surface area contributed by atoms with Gasteiger partial charge in [-0.2, -0.15) is 4.73 Å². The highest BCUT2D eigenvalue weighted by Crippen LogP contribution is 2.35. The van der Waals surface area contributed by atoms with E-state index in [2.05, 4.69) is 15.3 Å². The molecule has 0 aliphatic carbocycles. The fraction of sp³-hybridized carbons (Fsp3) is 0.267. The number of hydrogen-bond acceptors (Lipinski definition) is 5. The number of nitrogens with zero attached hydrogens (tertiary/aromatic N) is 2. The molecule has 0 saturated heterocycles. The van der Waals surface area contributed by atoms with Crippen molar-refractivity contribution in [1.82, 2.24) is 9.97 Å². The van der Waals surface area contributed by atoms with Gasteiger partial charge in [0.1, 0.15) is 17.6 Å². The number of fused-ring (bicyclic) bond motifs is 4. The highest BCUT2D eigenvalue weighted by Gasteiger charge is 2.27. The summed E-state index contributed by atoms with van der Waals surface area (Å²) in [6.07, 6.45) is 4.75. The van der Waals surface area contributed by atoms with Crippen molar-refractivity contribution < 1.29 is 27.8 Å². The average Bonchev–Trinajstić information content (AvgIpc) is 3.41. The monoisotopic (exact) mass is 580 g/mol. The van der Waals surface area contributed by atoms with E-state index >= 15 is 0 Å². The first-order valence-corrected chi connectivity index (χ1v) is 13.6. The molecular weight excluding hydrogens is 554 g/mol. The summed E-state index contributed by atoms with van der Waals surface area (Å²) < 4.78 is 34.7. The third-order valence-electron chi connectivity index (χ3n) is 7.01. The number of halogens is 3. The Morgan fingerprint density at radius 1 is 1.20 bits per heavy atom. The van der Waals surface area contributed by atoms with E-state index in [-0.39, 0.29) is 47.5 Å². The van der Waals surface area contributed by atoms with Gasteiger partial charge in [-0.15, -0.1) is 0 Å². The van der Waals surface area contributed by atoms with E-state index in [1.807, 2.05) is 0 Å². The lowest BCUT2D eigenvalue weighted by atomic mass is 9.95. The van der Waals surface area contributed by atoms with E-state index < -0.39 is 17.6 Å². The molecule has 8 nitrogen and oxygen atoms in total. The van der Waals surface area contributed by atoms with Crippen molar-refractivity contribution in [3.8, 4) is 22.4 Å². The number of ether oxygens (including phenoxy) is 1. The molecule has 1 amide bonds. The molecule has 0 spiro atoms. The third kappa shape index (κ3) is 6.07. The molecule has 0 fully saturated rings. The van der Waals surface area contributed by atoms with Gasteiger partial charge in [0.2, 0.25) is 11.6 Å². The largest absolute Gasteiger partial charge is 0.618 e. The quantitative estimate of drug-likeness (QED) is 0.129. The Morgan fingerprint density at radius 2 is 2.02 bits per heavy atom. The molecule has 1 aliphatic rings. The molecule has 4 aromatic rings. The zero-order valence-electron chi connectivity index (χ0n) is 22.2. The van der Waals surface area contributed by atoms with Crippen LogP contribution in [0.25, 0.3) is 22.4 Å². The molecule has 5 rings (SSSR count). The van der Waals surface area contributed by atoms with Crippen molar-refractivity contribution in [2.75, 3.05) is 11.9 Å². The number of carbonyl (C=O) groups is 2. The summed E-state index contributed by atoms with van der Waals surface area (Å²) in [6, 6.07) is 10.5. The zero-order valence-corrected chi connectivity index (χ0v) is 22.9. The van der Waals surface area contributed by atoms with Gasteiger partial charge in [0.05, 0.1) is 46.8 Å². The third-order valence-corrected chi connectivity index (χ3v) is 7.30. The summed E-state index contributed by atoms with van der Waals surface area (Å²) in [5.41, 5.74) is 2.51. The minimum absolute atomic E-state index is 0.0544. The van der Waals surface area contributed by atoms with E-state index in [0.29, 0.717) is 58.0 Å². The first kappa shape index (κ1) is 28.2. The topological polar surface area (TPSA) is 111 Å². The van der Waals surface area contributed by atoms with E-state index in [1.165, 1.54) is 12.1 Å². The van der Waals surface area contributed by atoms with Crippen LogP contribution < -0.4 is 10.0 Å². The van der Waals surface area contributed by atoms with Crippen molar-refractivity contribution >= 4 is 29.2 Å². The Kier molecular flexibility index (Phi) is 8.30. The van der Waals surface area contributed by atoms with Crippen molar-refractivity contribution in [2.24, 2.45) is 0 Å². The Balaban J connectivity index is 1.51. The van der Waals surface area contributed by atoms with Crippen LogP contribution in [0.1, 0.15) is 55.6 Å². The number of H-pyrrole nitrogens is 1. The van der Waals surface area contributed by atoms with Gasteiger partial charge in [-0.05, 0) is 49.6 Å². The lowest BCUT2D eigenvalue weighted by Gasteiger charge is -2.17. The molecule has 0 saturated carbocycles. The SMILES string of the molecule is CCOC(=O)Cc1ccc2c(c1)NC(=O)CCCCC(c1ccc(-c3c(F)ccc(Cl)c3F)c[n+]1[O-])c1ncc-2[nH]1. The Labute approximate surface area is 239 Å². The van der Waals surface area contributed by atoms with Gasteiger partial charge in [0, 0.05) is 18.1 Å². The summed E-state index contributed by atoms with van der Waals surface area (Å²) >= 11 is 5.84. The van der Waals surface area contributed by atoms with Crippen molar-refractivity contribution in [1.29, 1.82) is 0 Å². The van der Waals surface area contributed by atoms with Crippen LogP contribution in [0.2, 0.25) is 5.02 Å². The summed E-state index contributed by atoms with van der Waals surface area (Å²) in [6.45, 7) is 2.01. The van der Waals surface area contributed by atoms with Gasteiger partial charge in [-0.25, -0.2) is 13.8 Å². The molecule has 2 bridgehead atoms. The number of esters is 1. The van der Waals surface area contributed by atoms with Gasteiger partial charge in [0.15, 0.2) is 12.0 Å². The molecule has 2 N–H and O–H groups in total. The van der Waals surface area contributed by atoms with Crippen molar-refractivity contribution in [3.05, 3.63) is 93.8 Å². The number of amides is 1. The van der Waals surface area contributed by atoms with E-state index in [0.717, 1.165) is 18.3 Å². The number of aromatic amines is 1. The minimum atomic E-state index is -0.941. The number of aromatic nitrogens is 3. The van der Waals surface area contributed by atoms with Crippen LogP contribution in [0.15, 0.2) is 54.9 Å². The molecule has 1 unspecified atom stereocenters. The van der Waals surface area contributed by atoms with Crippen LogP contribution in [0, 0.1) is 16.8 Å². The summed E-state index contributed by atoms with van der Waals surface area (Å²) in [7, 11) is 0. The Bertz CT molecular complexity index is 1620. The maximum Gasteiger partial charge on any atom is 0.310 e. The molecule has 2 aromatic heterocycles. The van der Waals surface area contributed by atoms with Crippen LogP contribution in [0.5, 0.6) is 0 Å². The number of benzene rings is 2. The van der Waals surface area contributed by atoms with Gasteiger partial charge in [-0.3, -0.25) is 9.59 Å². The molecule has 2 aromatic carbocycles. The van der Waals surface area contributed by atoms with Gasteiger partial charge < -0.3 is 20.2 Å². The van der Waals surface area contributed by atoms with Crippen LogP contribution in [-0.4, -0.2) is 28.5 Å². The maximum atomic E-state index is 14.6. The van der Waals surface area contributed by atoms with Gasteiger partial charge in [0.25, 0.3) is 0 Å². The number of imidazole rings is 1. The fourth-order valence-electron chi connectivity index (χ4n) is 5.04. The lowest BCUT2D eigenvalue weighted by Crippen LogP contribution is -2.34. The second-order valence-electron chi connectivity index (χ2n) is 9.78. The predicted molar refractivity (Wildman–Crippen MR) is 149 cm³/mol. The van der Waals surface area contributed by atoms with Gasteiger partial charge in [-0.1, -0.05) is 30.2 Å². The number of carbonyl (C=O) groups excluding carboxylic acids is 2. The molecule has 0 radical (unpaired) electrons. The molecule has 1 atom stereocenters. The standard InChI is InChI=1S/C30H27ClF2N4O4/c1-2-41-27(39)14-17-7-9-19-23(13-17)35-26(38)6-4-3-5-20(30-34-15-24(19)36-30)25-12-8-18(16-37(25)40)28-22(32)11-10-21(31)29(28)33/h7-13,15-16,20H,2-6,14H2,1H3,(H,34,36)(H,35,38). The average molecular weight is 581 g/mol. The lowest BCUT2D eigenvalue weighted by molar-refractivity contribution is -0.614. The molecule has 1 aliphatic heterocycles. The van der Waals surface area contributed by atoms with Gasteiger partial charge >= 0.3 is 5.97 Å².